The molecule has 0 bridgehead atoms. The van der Waals surface area contributed by atoms with Gasteiger partial charge in [-0.05, 0) is 38.0 Å². The molecular formula is C27H30Cl2N4O3S. The molecule has 0 radical (unpaired) electrons. The molecular weight excluding hydrogens is 531 g/mol. The van der Waals surface area contributed by atoms with Gasteiger partial charge in [-0.2, -0.15) is 4.98 Å². The maximum Gasteiger partial charge on any atom is 0.338 e. The van der Waals surface area contributed by atoms with E-state index in [-0.39, 0.29) is 12.6 Å². The van der Waals surface area contributed by atoms with Crippen LogP contribution in [0, 0.1) is 0 Å². The first kappa shape index (κ1) is 27.4. The molecule has 1 aromatic heterocycles. The van der Waals surface area contributed by atoms with E-state index in [0.717, 1.165) is 36.1 Å². The van der Waals surface area contributed by atoms with Crippen LogP contribution in [0.15, 0.2) is 58.9 Å². The van der Waals surface area contributed by atoms with E-state index in [1.807, 2.05) is 37.3 Å². The van der Waals surface area contributed by atoms with Gasteiger partial charge in [-0.15, -0.1) is 5.10 Å². The fourth-order valence-corrected chi connectivity index (χ4v) is 5.10. The minimum absolute atomic E-state index is 0.235. The molecule has 0 amide bonds. The largest absolute Gasteiger partial charge is 0.488 e. The second kappa shape index (κ2) is 12.7. The van der Waals surface area contributed by atoms with E-state index >= 15 is 0 Å². The van der Waals surface area contributed by atoms with Gasteiger partial charge in [0.25, 0.3) is 0 Å². The lowest BCUT2D eigenvalue weighted by atomic mass is 9.95. The van der Waals surface area contributed by atoms with Crippen molar-refractivity contribution in [3.05, 3.63) is 74.9 Å². The molecule has 196 valence electrons. The summed E-state index contributed by atoms with van der Waals surface area (Å²) in [5.41, 5.74) is 2.72. The summed E-state index contributed by atoms with van der Waals surface area (Å²) in [6.45, 7) is 6.62. The number of benzene rings is 2. The highest BCUT2D eigenvalue weighted by Crippen LogP contribution is 2.40. The maximum absolute atomic E-state index is 13.4. The molecule has 1 unspecified atom stereocenters. The van der Waals surface area contributed by atoms with Crippen molar-refractivity contribution < 1.29 is 14.3 Å². The molecule has 1 atom stereocenters. The molecule has 3 aromatic rings. The molecule has 1 aliphatic rings. The third-order valence-electron chi connectivity index (χ3n) is 5.83. The molecule has 10 heteroatoms. The highest BCUT2D eigenvalue weighted by molar-refractivity contribution is 7.99. The summed E-state index contributed by atoms with van der Waals surface area (Å²) in [4.78, 5) is 18.0. The van der Waals surface area contributed by atoms with Crippen LogP contribution >= 0.6 is 35.0 Å². The number of unbranched alkanes of at least 4 members (excludes halogenated alkanes) is 1. The summed E-state index contributed by atoms with van der Waals surface area (Å²) in [6, 6.07) is 12.3. The Balaban J connectivity index is 1.73. The van der Waals surface area contributed by atoms with Crippen LogP contribution in [0.4, 0.5) is 5.95 Å². The van der Waals surface area contributed by atoms with Gasteiger partial charge in [0.15, 0.2) is 0 Å². The second-order valence-corrected chi connectivity index (χ2v) is 10.5. The topological polar surface area (TPSA) is 78.3 Å². The molecule has 2 aromatic carbocycles. The first-order valence-electron chi connectivity index (χ1n) is 12.3. The van der Waals surface area contributed by atoms with E-state index in [1.165, 1.54) is 0 Å². The highest BCUT2D eigenvalue weighted by Gasteiger charge is 2.36. The minimum Gasteiger partial charge on any atom is -0.488 e. The van der Waals surface area contributed by atoms with Gasteiger partial charge in [-0.25, -0.2) is 9.48 Å². The predicted molar refractivity (Wildman–Crippen MR) is 149 cm³/mol. The molecule has 7 nitrogen and oxygen atoms in total. The lowest BCUT2D eigenvalue weighted by Gasteiger charge is -2.29. The van der Waals surface area contributed by atoms with Gasteiger partial charge in [-0.1, -0.05) is 79.5 Å². The molecule has 0 aliphatic carbocycles. The van der Waals surface area contributed by atoms with Crippen LogP contribution in [0.1, 0.15) is 57.2 Å². The monoisotopic (exact) mass is 560 g/mol. The van der Waals surface area contributed by atoms with Crippen molar-refractivity contribution >= 4 is 46.9 Å². The number of carbonyl (C=O) groups is 1. The summed E-state index contributed by atoms with van der Waals surface area (Å²) in [6.07, 6.45) is 2.73. The van der Waals surface area contributed by atoms with E-state index in [1.54, 1.807) is 28.6 Å². The summed E-state index contributed by atoms with van der Waals surface area (Å²) in [5, 5.41) is 9.75. The van der Waals surface area contributed by atoms with E-state index < -0.39 is 6.04 Å². The number of carbonyl (C=O) groups excluding carboxylic acids is 1. The van der Waals surface area contributed by atoms with Gasteiger partial charge in [0, 0.05) is 32.6 Å². The zero-order valence-electron chi connectivity index (χ0n) is 21.1. The number of para-hydroxylation sites is 1. The van der Waals surface area contributed by atoms with Crippen LogP contribution in [0.25, 0.3) is 0 Å². The highest BCUT2D eigenvalue weighted by atomic mass is 35.5. The van der Waals surface area contributed by atoms with Gasteiger partial charge in [-0.3, -0.25) is 0 Å². The molecule has 37 heavy (non-hydrogen) atoms. The number of nitrogens with one attached hydrogen (secondary N) is 1. The normalized spacial score (nSPS) is 14.8. The smallest absolute Gasteiger partial charge is 0.338 e. The van der Waals surface area contributed by atoms with Crippen molar-refractivity contribution in [3.63, 3.8) is 0 Å². The number of anilines is 1. The number of aromatic nitrogens is 3. The maximum atomic E-state index is 13.4. The van der Waals surface area contributed by atoms with Gasteiger partial charge < -0.3 is 14.8 Å². The number of rotatable bonds is 11. The number of halogens is 2. The van der Waals surface area contributed by atoms with Crippen LogP contribution in [0.3, 0.4) is 0 Å². The van der Waals surface area contributed by atoms with E-state index in [9.17, 15) is 4.79 Å². The third-order valence-corrected chi connectivity index (χ3v) is 7.46. The predicted octanol–water partition coefficient (Wildman–Crippen LogP) is 7.30. The number of allylic oxidation sites excluding steroid dienone is 1. The number of hydrogen-bond acceptors (Lipinski definition) is 7. The molecule has 2 heterocycles. The third kappa shape index (κ3) is 6.43. The van der Waals surface area contributed by atoms with Crippen molar-refractivity contribution in [2.24, 2.45) is 0 Å². The quantitative estimate of drug-likeness (QED) is 0.150. The van der Waals surface area contributed by atoms with Crippen LogP contribution in [-0.4, -0.2) is 33.1 Å². The van der Waals surface area contributed by atoms with Crippen molar-refractivity contribution in [2.45, 2.75) is 57.8 Å². The van der Waals surface area contributed by atoms with Crippen LogP contribution in [-0.2, 0) is 16.1 Å². The van der Waals surface area contributed by atoms with E-state index in [2.05, 4.69) is 24.1 Å². The first-order valence-corrected chi connectivity index (χ1v) is 14.1. The SMILES string of the molecule is CCCCOC(=O)C1=C(C)Nc2nc(SCCC)nn2C1c1ccccc1OCc1ccc(Cl)cc1Cl. The molecule has 4 rings (SSSR count). The Hall–Kier alpha value is -2.68. The van der Waals surface area contributed by atoms with Crippen molar-refractivity contribution in [1.29, 1.82) is 0 Å². The fraction of sp³-hybridized carbons (Fsp3) is 0.370. The first-order chi connectivity index (χ1) is 17.9. The number of thioether (sulfide) groups is 1. The Morgan fingerprint density at radius 2 is 1.97 bits per heavy atom. The summed E-state index contributed by atoms with van der Waals surface area (Å²) in [7, 11) is 0. The van der Waals surface area contributed by atoms with Gasteiger partial charge in [0.2, 0.25) is 11.1 Å². The lowest BCUT2D eigenvalue weighted by Crippen LogP contribution is -2.30. The standard InChI is InChI=1S/C27H30Cl2N4O3S/c1-4-6-13-35-25(34)23-17(3)30-26-31-27(37-14-5-2)32-33(26)24(23)20-9-7-8-10-22(20)36-16-18-11-12-19(28)15-21(18)29/h7-12,15,24H,4-6,13-14,16H2,1-3H3,(H,30,31,32). The zero-order valence-corrected chi connectivity index (χ0v) is 23.4. The fourth-order valence-electron chi connectivity index (χ4n) is 3.96. The Morgan fingerprint density at radius 1 is 1.16 bits per heavy atom. The zero-order chi connectivity index (χ0) is 26.4. The number of ether oxygens (including phenoxy) is 2. The van der Waals surface area contributed by atoms with Crippen LogP contribution in [0.5, 0.6) is 5.75 Å². The lowest BCUT2D eigenvalue weighted by molar-refractivity contribution is -0.139. The molecule has 0 saturated carbocycles. The molecule has 0 spiro atoms. The molecule has 1 N–H and O–H groups in total. The Morgan fingerprint density at radius 3 is 2.73 bits per heavy atom. The van der Waals surface area contributed by atoms with Crippen molar-refractivity contribution in [3.8, 4) is 5.75 Å². The van der Waals surface area contributed by atoms with Gasteiger partial charge >= 0.3 is 5.97 Å². The van der Waals surface area contributed by atoms with Crippen molar-refractivity contribution in [1.82, 2.24) is 14.8 Å². The van der Waals surface area contributed by atoms with Crippen molar-refractivity contribution in [2.75, 3.05) is 17.7 Å². The Labute approximate surface area is 231 Å². The number of nitrogens with zero attached hydrogens (tertiary/aromatic N) is 3. The van der Waals surface area contributed by atoms with Crippen LogP contribution in [0.2, 0.25) is 10.0 Å². The average molecular weight is 562 g/mol. The van der Waals surface area contributed by atoms with E-state index in [4.69, 9.17) is 37.8 Å². The average Bonchev–Trinajstić information content (AvgIpc) is 3.28. The number of fused-ring (bicyclic) bond motifs is 1. The number of hydrogen-bond donors (Lipinski definition) is 1. The molecule has 1 aliphatic heterocycles. The van der Waals surface area contributed by atoms with Gasteiger partial charge in [0.05, 0.1) is 12.2 Å². The summed E-state index contributed by atoms with van der Waals surface area (Å²) < 4.78 is 13.7. The Bertz CT molecular complexity index is 1290. The minimum atomic E-state index is -0.578. The summed E-state index contributed by atoms with van der Waals surface area (Å²) in [5.74, 6) is 1.69. The second-order valence-electron chi connectivity index (χ2n) is 8.63. The van der Waals surface area contributed by atoms with E-state index in [0.29, 0.717) is 44.8 Å². The molecule has 0 saturated heterocycles. The van der Waals surface area contributed by atoms with Crippen LogP contribution < -0.4 is 10.1 Å². The van der Waals surface area contributed by atoms with Gasteiger partial charge in [0.1, 0.15) is 18.4 Å². The number of esters is 1. The molecule has 0 fully saturated rings. The Kier molecular flexibility index (Phi) is 9.40. The summed E-state index contributed by atoms with van der Waals surface area (Å²) >= 11 is 14.0.